The second kappa shape index (κ2) is 6.77. The topological polar surface area (TPSA) is 66.8 Å². The minimum atomic E-state index is -3.55. The minimum absolute atomic E-state index is 0.141. The molecule has 0 aromatic heterocycles. The molecule has 1 aromatic carbocycles. The highest BCUT2D eigenvalue weighted by molar-refractivity contribution is 7.89. The average Bonchev–Trinajstić information content (AvgIpc) is 2.71. The van der Waals surface area contributed by atoms with Crippen molar-refractivity contribution in [3.8, 4) is 5.75 Å². The van der Waals surface area contributed by atoms with E-state index in [-0.39, 0.29) is 11.5 Å². The Hall–Kier alpha value is -1.11. The monoisotopic (exact) mass is 313 g/mol. The summed E-state index contributed by atoms with van der Waals surface area (Å²) < 4.78 is 32.4. The third-order valence-corrected chi connectivity index (χ3v) is 5.94. The quantitative estimate of drug-likeness (QED) is 0.923. The Kier molecular flexibility index (Phi) is 5.24. The normalized spacial score (nSPS) is 21.0. The molecular formula is C15H23NO4S. The van der Waals surface area contributed by atoms with Gasteiger partial charge in [-0.25, -0.2) is 8.42 Å². The van der Waals surface area contributed by atoms with Crippen molar-refractivity contribution in [1.29, 1.82) is 0 Å². The number of benzene rings is 1. The van der Waals surface area contributed by atoms with E-state index < -0.39 is 10.0 Å². The maximum absolute atomic E-state index is 12.8. The van der Waals surface area contributed by atoms with E-state index in [2.05, 4.69) is 6.92 Å². The van der Waals surface area contributed by atoms with Crippen LogP contribution in [0.1, 0.15) is 31.7 Å². The second-order valence-electron chi connectivity index (χ2n) is 5.58. The minimum Gasteiger partial charge on any atom is -0.495 e. The van der Waals surface area contributed by atoms with Gasteiger partial charge >= 0.3 is 0 Å². The molecular weight excluding hydrogens is 290 g/mol. The van der Waals surface area contributed by atoms with Crippen LogP contribution in [0, 0.1) is 5.92 Å². The maximum atomic E-state index is 12.8. The fraction of sp³-hybridized carbons (Fsp3) is 0.600. The van der Waals surface area contributed by atoms with Gasteiger partial charge in [-0.15, -0.1) is 0 Å². The Balaban J connectivity index is 2.34. The zero-order chi connectivity index (χ0) is 15.5. The highest BCUT2D eigenvalue weighted by Gasteiger charge is 2.29. The van der Waals surface area contributed by atoms with Crippen molar-refractivity contribution in [3.05, 3.63) is 23.8 Å². The lowest BCUT2D eigenvalue weighted by Gasteiger charge is -2.21. The van der Waals surface area contributed by atoms with Gasteiger partial charge in [0.15, 0.2) is 0 Å². The molecule has 5 nitrogen and oxygen atoms in total. The van der Waals surface area contributed by atoms with Gasteiger partial charge in [0.25, 0.3) is 0 Å². The van der Waals surface area contributed by atoms with Gasteiger partial charge < -0.3 is 9.84 Å². The number of nitrogens with zero attached hydrogens (tertiary/aromatic N) is 1. The molecule has 1 saturated heterocycles. The summed E-state index contributed by atoms with van der Waals surface area (Å²) in [5.74, 6) is 0.850. The molecule has 1 aliphatic heterocycles. The van der Waals surface area contributed by atoms with E-state index in [1.54, 1.807) is 16.4 Å². The molecule has 118 valence electrons. The Morgan fingerprint density at radius 2 is 2.10 bits per heavy atom. The van der Waals surface area contributed by atoms with Crippen LogP contribution in [0.5, 0.6) is 5.75 Å². The molecule has 2 rings (SSSR count). The maximum Gasteiger partial charge on any atom is 0.246 e. The number of hydrogen-bond acceptors (Lipinski definition) is 4. The molecule has 1 unspecified atom stereocenters. The number of ether oxygens (including phenoxy) is 1. The smallest absolute Gasteiger partial charge is 0.246 e. The first-order valence-electron chi connectivity index (χ1n) is 7.27. The van der Waals surface area contributed by atoms with Crippen LogP contribution in [-0.2, 0) is 16.6 Å². The summed E-state index contributed by atoms with van der Waals surface area (Å²) in [5, 5.41) is 9.15. The molecule has 0 saturated carbocycles. The van der Waals surface area contributed by atoms with Gasteiger partial charge in [-0.1, -0.05) is 13.0 Å². The van der Waals surface area contributed by atoms with E-state index in [0.717, 1.165) is 19.3 Å². The lowest BCUT2D eigenvalue weighted by Crippen LogP contribution is -2.32. The summed E-state index contributed by atoms with van der Waals surface area (Å²) in [6.07, 6.45) is 2.83. The lowest BCUT2D eigenvalue weighted by molar-refractivity contribution is 0.280. The molecule has 1 aliphatic rings. The van der Waals surface area contributed by atoms with Gasteiger partial charge in [-0.3, -0.25) is 0 Å². The van der Waals surface area contributed by atoms with Crippen molar-refractivity contribution < 1.29 is 18.3 Å². The molecule has 1 N–H and O–H groups in total. The van der Waals surface area contributed by atoms with E-state index in [1.807, 2.05) is 0 Å². The number of aliphatic hydroxyl groups excluding tert-OH is 1. The first kappa shape index (κ1) is 16.3. The predicted molar refractivity (Wildman–Crippen MR) is 80.7 cm³/mol. The van der Waals surface area contributed by atoms with Crippen LogP contribution in [0.2, 0.25) is 0 Å². The zero-order valence-corrected chi connectivity index (χ0v) is 13.4. The van der Waals surface area contributed by atoms with Gasteiger partial charge in [-0.2, -0.15) is 4.31 Å². The molecule has 1 fully saturated rings. The number of rotatable bonds is 4. The molecule has 0 bridgehead atoms. The van der Waals surface area contributed by atoms with Crippen molar-refractivity contribution in [2.24, 2.45) is 5.92 Å². The highest BCUT2D eigenvalue weighted by Crippen LogP contribution is 2.30. The van der Waals surface area contributed by atoms with Crippen LogP contribution < -0.4 is 4.74 Å². The average molecular weight is 313 g/mol. The van der Waals surface area contributed by atoms with Crippen molar-refractivity contribution in [1.82, 2.24) is 4.31 Å². The van der Waals surface area contributed by atoms with Gasteiger partial charge in [-0.05, 0) is 42.9 Å². The fourth-order valence-corrected chi connectivity index (χ4v) is 4.27. The third-order valence-electron chi connectivity index (χ3n) is 4.00. The van der Waals surface area contributed by atoms with E-state index in [0.29, 0.717) is 30.3 Å². The standard InChI is InChI=1S/C15H23NO4S/c1-12-4-3-8-16(9-7-12)21(18,19)15-6-5-13(11-17)10-14(15)20-2/h5-6,10,12,17H,3-4,7-9,11H2,1-2H3. The van der Waals surface area contributed by atoms with Crippen LogP contribution in [0.4, 0.5) is 0 Å². The highest BCUT2D eigenvalue weighted by atomic mass is 32.2. The van der Waals surface area contributed by atoms with E-state index in [9.17, 15) is 8.42 Å². The van der Waals surface area contributed by atoms with Crippen LogP contribution in [0.25, 0.3) is 0 Å². The first-order chi connectivity index (χ1) is 9.98. The summed E-state index contributed by atoms with van der Waals surface area (Å²) in [4.78, 5) is 0.178. The Morgan fingerprint density at radius 1 is 1.33 bits per heavy atom. The number of sulfonamides is 1. The van der Waals surface area contributed by atoms with Crippen LogP contribution in [0.3, 0.4) is 0 Å². The summed E-state index contributed by atoms with van der Waals surface area (Å²) in [6, 6.07) is 4.72. The predicted octanol–water partition coefficient (Wildman–Crippen LogP) is 2.00. The number of methoxy groups -OCH3 is 1. The van der Waals surface area contributed by atoms with Crippen molar-refractivity contribution in [2.75, 3.05) is 20.2 Å². The Bertz CT molecular complexity index is 585. The SMILES string of the molecule is COc1cc(CO)ccc1S(=O)(=O)N1CCCC(C)CC1. The molecule has 0 amide bonds. The van der Waals surface area contributed by atoms with Crippen LogP contribution >= 0.6 is 0 Å². The molecule has 1 heterocycles. The molecule has 1 aromatic rings. The fourth-order valence-electron chi connectivity index (χ4n) is 2.64. The lowest BCUT2D eigenvalue weighted by atomic mass is 10.0. The van der Waals surface area contributed by atoms with Crippen molar-refractivity contribution >= 4 is 10.0 Å². The Labute approximate surface area is 126 Å². The number of hydrogen-bond donors (Lipinski definition) is 1. The van der Waals surface area contributed by atoms with E-state index in [4.69, 9.17) is 9.84 Å². The molecule has 1 atom stereocenters. The molecule has 0 aliphatic carbocycles. The van der Waals surface area contributed by atoms with E-state index >= 15 is 0 Å². The van der Waals surface area contributed by atoms with Gasteiger partial charge in [0.1, 0.15) is 10.6 Å². The molecule has 0 radical (unpaired) electrons. The molecule has 6 heteroatoms. The van der Waals surface area contributed by atoms with Crippen LogP contribution in [0.15, 0.2) is 23.1 Å². The largest absolute Gasteiger partial charge is 0.495 e. The summed E-state index contributed by atoms with van der Waals surface area (Å²) in [5.41, 5.74) is 0.635. The van der Waals surface area contributed by atoms with E-state index in [1.165, 1.54) is 13.2 Å². The van der Waals surface area contributed by atoms with Crippen molar-refractivity contribution in [3.63, 3.8) is 0 Å². The van der Waals surface area contributed by atoms with Gasteiger partial charge in [0, 0.05) is 13.1 Å². The summed E-state index contributed by atoms with van der Waals surface area (Å²) in [7, 11) is -2.11. The Morgan fingerprint density at radius 3 is 2.76 bits per heavy atom. The molecule has 0 spiro atoms. The second-order valence-corrected chi connectivity index (χ2v) is 7.49. The van der Waals surface area contributed by atoms with Crippen molar-refractivity contribution in [2.45, 2.75) is 37.7 Å². The summed E-state index contributed by atoms with van der Waals surface area (Å²) in [6.45, 7) is 3.12. The first-order valence-corrected chi connectivity index (χ1v) is 8.71. The number of aliphatic hydroxyl groups is 1. The van der Waals surface area contributed by atoms with Crippen LogP contribution in [-0.4, -0.2) is 38.0 Å². The zero-order valence-electron chi connectivity index (χ0n) is 12.6. The van der Waals surface area contributed by atoms with Gasteiger partial charge in [0.2, 0.25) is 10.0 Å². The molecule has 21 heavy (non-hydrogen) atoms. The van der Waals surface area contributed by atoms with Gasteiger partial charge in [0.05, 0.1) is 13.7 Å². The third kappa shape index (κ3) is 3.56. The summed E-state index contributed by atoms with van der Waals surface area (Å²) >= 11 is 0.